The van der Waals surface area contributed by atoms with Crippen LogP contribution in [0.4, 0.5) is 4.39 Å². The minimum Gasteiger partial charge on any atom is -0.494 e. The lowest BCUT2D eigenvalue weighted by Crippen LogP contribution is -2.30. The van der Waals surface area contributed by atoms with E-state index in [9.17, 15) is 12.8 Å². The molecule has 2 aromatic carbocycles. The van der Waals surface area contributed by atoms with Crippen LogP contribution in [-0.4, -0.2) is 25.9 Å². The second kappa shape index (κ2) is 6.91. The van der Waals surface area contributed by atoms with Gasteiger partial charge in [0.1, 0.15) is 11.6 Å². The van der Waals surface area contributed by atoms with Gasteiger partial charge in [0, 0.05) is 6.54 Å². The van der Waals surface area contributed by atoms with Crippen LogP contribution in [0.1, 0.15) is 31.4 Å². The van der Waals surface area contributed by atoms with Gasteiger partial charge in [0.2, 0.25) is 10.0 Å². The number of halogens is 1. The molecule has 4 nitrogen and oxygen atoms in total. The summed E-state index contributed by atoms with van der Waals surface area (Å²) in [6.07, 6.45) is 1.54. The van der Waals surface area contributed by atoms with Crippen LogP contribution in [-0.2, 0) is 10.0 Å². The zero-order valence-corrected chi connectivity index (χ0v) is 14.3. The highest BCUT2D eigenvalue weighted by Crippen LogP contribution is 2.37. The number of sulfonamides is 1. The van der Waals surface area contributed by atoms with E-state index in [2.05, 4.69) is 0 Å². The van der Waals surface area contributed by atoms with E-state index in [1.54, 1.807) is 0 Å². The molecule has 1 atom stereocenters. The maximum atomic E-state index is 13.4. The largest absolute Gasteiger partial charge is 0.494 e. The van der Waals surface area contributed by atoms with E-state index in [4.69, 9.17) is 4.74 Å². The highest BCUT2D eigenvalue weighted by molar-refractivity contribution is 7.89. The van der Waals surface area contributed by atoms with Crippen molar-refractivity contribution in [2.45, 2.75) is 30.7 Å². The highest BCUT2D eigenvalue weighted by atomic mass is 32.2. The second-order valence-electron chi connectivity index (χ2n) is 5.73. The minimum absolute atomic E-state index is 0.000312. The van der Waals surface area contributed by atoms with Crippen LogP contribution in [0.3, 0.4) is 0 Å². The van der Waals surface area contributed by atoms with Crippen molar-refractivity contribution < 1.29 is 17.5 Å². The maximum Gasteiger partial charge on any atom is 0.243 e. The van der Waals surface area contributed by atoms with Crippen LogP contribution in [0.25, 0.3) is 0 Å². The van der Waals surface area contributed by atoms with E-state index in [0.29, 0.717) is 13.2 Å². The van der Waals surface area contributed by atoms with Gasteiger partial charge >= 0.3 is 0 Å². The van der Waals surface area contributed by atoms with Crippen LogP contribution < -0.4 is 4.74 Å². The van der Waals surface area contributed by atoms with Crippen molar-refractivity contribution in [3.05, 3.63) is 59.9 Å². The fourth-order valence-electron chi connectivity index (χ4n) is 3.08. The molecule has 0 amide bonds. The van der Waals surface area contributed by atoms with E-state index in [1.165, 1.54) is 22.5 Å². The number of ether oxygens (including phenoxy) is 1. The first kappa shape index (κ1) is 16.9. The first-order chi connectivity index (χ1) is 11.5. The van der Waals surface area contributed by atoms with Crippen molar-refractivity contribution in [2.24, 2.45) is 0 Å². The summed E-state index contributed by atoms with van der Waals surface area (Å²) in [5.41, 5.74) is 0.927. The molecule has 0 aromatic heterocycles. The van der Waals surface area contributed by atoms with Gasteiger partial charge in [-0.1, -0.05) is 18.2 Å². The Morgan fingerprint density at radius 1 is 1.21 bits per heavy atom. The van der Waals surface area contributed by atoms with Crippen LogP contribution in [0.5, 0.6) is 5.75 Å². The number of hydrogen-bond acceptors (Lipinski definition) is 3. The van der Waals surface area contributed by atoms with Gasteiger partial charge in [-0.05, 0) is 55.7 Å². The summed E-state index contributed by atoms with van der Waals surface area (Å²) in [5.74, 6) is 0.215. The third-order valence-corrected chi connectivity index (χ3v) is 6.09. The Balaban J connectivity index is 1.90. The smallest absolute Gasteiger partial charge is 0.243 e. The van der Waals surface area contributed by atoms with Gasteiger partial charge in [0.25, 0.3) is 0 Å². The van der Waals surface area contributed by atoms with Crippen molar-refractivity contribution in [3.8, 4) is 5.75 Å². The molecule has 0 N–H and O–H groups in total. The zero-order chi connectivity index (χ0) is 17.2. The predicted octanol–water partition coefficient (Wildman–Crippen LogP) is 3.75. The standard InChI is InChI=1S/C18H20FNO3S/c1-2-23-16-10-8-14(9-11-16)18-7-4-12-20(18)24(21,22)17-6-3-5-15(19)13-17/h3,5-6,8-11,13,18H,2,4,7,12H2,1H3. The molecule has 3 rings (SSSR count). The average molecular weight is 349 g/mol. The molecule has 24 heavy (non-hydrogen) atoms. The fraction of sp³-hybridized carbons (Fsp3) is 0.333. The molecule has 1 fully saturated rings. The molecular weight excluding hydrogens is 329 g/mol. The van der Waals surface area contributed by atoms with E-state index in [-0.39, 0.29) is 10.9 Å². The highest BCUT2D eigenvalue weighted by Gasteiger charge is 2.36. The lowest BCUT2D eigenvalue weighted by molar-refractivity contribution is 0.339. The van der Waals surface area contributed by atoms with Gasteiger partial charge < -0.3 is 4.74 Å². The lowest BCUT2D eigenvalue weighted by atomic mass is 10.1. The van der Waals surface area contributed by atoms with Gasteiger partial charge in [-0.15, -0.1) is 0 Å². The molecule has 0 saturated carbocycles. The van der Waals surface area contributed by atoms with Crippen molar-refractivity contribution >= 4 is 10.0 Å². The van der Waals surface area contributed by atoms with Gasteiger partial charge in [0.15, 0.2) is 0 Å². The van der Waals surface area contributed by atoms with E-state index in [1.807, 2.05) is 31.2 Å². The predicted molar refractivity (Wildman–Crippen MR) is 89.9 cm³/mol. The van der Waals surface area contributed by atoms with Crippen molar-refractivity contribution in [1.29, 1.82) is 0 Å². The molecule has 0 spiro atoms. The van der Waals surface area contributed by atoms with Gasteiger partial charge in [-0.25, -0.2) is 12.8 Å². The van der Waals surface area contributed by atoms with Crippen LogP contribution in [0, 0.1) is 5.82 Å². The normalized spacial score (nSPS) is 18.7. The Hall–Kier alpha value is -1.92. The Kier molecular flexibility index (Phi) is 4.87. The SMILES string of the molecule is CCOc1ccc(C2CCCN2S(=O)(=O)c2cccc(F)c2)cc1. The molecule has 1 heterocycles. The van der Waals surface area contributed by atoms with Crippen LogP contribution in [0.2, 0.25) is 0 Å². The molecule has 2 aromatic rings. The second-order valence-corrected chi connectivity index (χ2v) is 7.62. The number of benzene rings is 2. The first-order valence-electron chi connectivity index (χ1n) is 8.02. The molecule has 0 aliphatic carbocycles. The van der Waals surface area contributed by atoms with E-state index < -0.39 is 15.8 Å². The number of hydrogen-bond donors (Lipinski definition) is 0. The Bertz CT molecular complexity index is 805. The summed E-state index contributed by atoms with van der Waals surface area (Å²) in [7, 11) is -3.72. The van der Waals surface area contributed by atoms with Gasteiger partial charge in [0.05, 0.1) is 17.5 Å². The van der Waals surface area contributed by atoms with Crippen LogP contribution in [0.15, 0.2) is 53.4 Å². The zero-order valence-electron chi connectivity index (χ0n) is 13.5. The molecule has 128 valence electrons. The molecule has 0 radical (unpaired) electrons. The van der Waals surface area contributed by atoms with Crippen molar-refractivity contribution in [2.75, 3.05) is 13.2 Å². The first-order valence-corrected chi connectivity index (χ1v) is 9.46. The van der Waals surface area contributed by atoms with Crippen LogP contribution >= 0.6 is 0 Å². The minimum atomic E-state index is -3.72. The Labute approximate surface area is 141 Å². The average Bonchev–Trinajstić information content (AvgIpc) is 3.06. The third-order valence-electron chi connectivity index (χ3n) is 4.18. The summed E-state index contributed by atoms with van der Waals surface area (Å²) >= 11 is 0. The summed E-state index contributed by atoms with van der Waals surface area (Å²) < 4.78 is 46.1. The summed E-state index contributed by atoms with van der Waals surface area (Å²) in [4.78, 5) is 0.000312. The molecule has 1 unspecified atom stereocenters. The Morgan fingerprint density at radius 2 is 1.96 bits per heavy atom. The molecule has 1 saturated heterocycles. The Morgan fingerprint density at radius 3 is 2.62 bits per heavy atom. The van der Waals surface area contributed by atoms with E-state index in [0.717, 1.165) is 30.2 Å². The topological polar surface area (TPSA) is 46.6 Å². The summed E-state index contributed by atoms with van der Waals surface area (Å²) in [5, 5.41) is 0. The monoisotopic (exact) mass is 349 g/mol. The summed E-state index contributed by atoms with van der Waals surface area (Å²) in [6.45, 7) is 2.94. The molecule has 6 heteroatoms. The molecular formula is C18H20FNO3S. The van der Waals surface area contributed by atoms with Gasteiger partial charge in [-0.3, -0.25) is 0 Å². The van der Waals surface area contributed by atoms with Crippen molar-refractivity contribution in [1.82, 2.24) is 4.31 Å². The number of rotatable bonds is 5. The molecule has 0 bridgehead atoms. The number of nitrogens with zero attached hydrogens (tertiary/aromatic N) is 1. The lowest BCUT2D eigenvalue weighted by Gasteiger charge is -2.24. The quantitative estimate of drug-likeness (QED) is 0.826. The summed E-state index contributed by atoms with van der Waals surface area (Å²) in [6, 6.07) is 12.4. The van der Waals surface area contributed by atoms with E-state index >= 15 is 0 Å². The maximum absolute atomic E-state index is 13.4. The van der Waals surface area contributed by atoms with Gasteiger partial charge in [-0.2, -0.15) is 4.31 Å². The van der Waals surface area contributed by atoms with Crippen molar-refractivity contribution in [3.63, 3.8) is 0 Å². The third kappa shape index (κ3) is 3.30. The molecule has 1 aliphatic heterocycles. The fourth-order valence-corrected chi connectivity index (χ4v) is 4.79. The molecule has 1 aliphatic rings.